The minimum atomic E-state index is -0.728. The van der Waals surface area contributed by atoms with Gasteiger partial charge in [-0.05, 0) is 223 Å². The molecule has 2 amide bonds. The molecule has 0 bridgehead atoms. The van der Waals surface area contributed by atoms with E-state index in [2.05, 4.69) is 208 Å². The third kappa shape index (κ3) is 41.2. The number of likely N-dealkylation sites (tertiary alicyclic amines) is 15. The van der Waals surface area contributed by atoms with Gasteiger partial charge in [0.15, 0.2) is 0 Å². The Morgan fingerprint density at radius 1 is 0.364 bits per heavy atom. The van der Waals surface area contributed by atoms with E-state index in [-0.39, 0.29) is 36.2 Å². The number of carbonyl (C=O) groups excluding carboxylic acids is 2. The van der Waals surface area contributed by atoms with Crippen LogP contribution in [0.15, 0.2) is 0 Å². The van der Waals surface area contributed by atoms with Crippen LogP contribution in [0.25, 0.3) is 0 Å². The summed E-state index contributed by atoms with van der Waals surface area (Å²) in [5.74, 6) is 7.25. The Labute approximate surface area is 809 Å². The molecule has 16 aliphatic heterocycles. The van der Waals surface area contributed by atoms with Crippen molar-refractivity contribution in [3.05, 3.63) is 0 Å². The summed E-state index contributed by atoms with van der Waals surface area (Å²) >= 11 is 0. The smallest absolute Gasteiger partial charge is 0.237 e. The molecule has 774 valence electrons. The Balaban J connectivity index is 0.000000183. The van der Waals surface area contributed by atoms with Crippen molar-refractivity contribution in [1.82, 2.24) is 88.6 Å². The molecule has 9 N–H and O–H groups in total. The minimum absolute atomic E-state index is 0.0342. The highest BCUT2D eigenvalue weighted by molar-refractivity contribution is 5.83. The summed E-state index contributed by atoms with van der Waals surface area (Å²) in [6.45, 7) is 96.7. The molecular formula is C105H211N19O8. The second-order valence-corrected chi connectivity index (χ2v) is 49.1. The molecule has 2 atom stereocenters. The Bertz CT molecular complexity index is 3050. The van der Waals surface area contributed by atoms with E-state index in [1.54, 1.807) is 13.8 Å². The van der Waals surface area contributed by atoms with Crippen LogP contribution in [0.3, 0.4) is 0 Å². The molecule has 0 saturated carbocycles. The zero-order valence-corrected chi connectivity index (χ0v) is 89.4. The number of nitrogens with two attached hydrogens (primary N) is 1. The molecule has 16 aliphatic rings. The van der Waals surface area contributed by atoms with Crippen LogP contribution in [-0.2, 0) is 9.59 Å². The van der Waals surface area contributed by atoms with E-state index in [9.17, 15) is 35.1 Å². The fourth-order valence-electron chi connectivity index (χ4n) is 22.5. The van der Waals surface area contributed by atoms with E-state index in [1.165, 1.54) is 222 Å². The normalized spacial score (nSPS) is 26.2. The third-order valence-electron chi connectivity index (χ3n) is 30.5. The Morgan fingerprint density at radius 2 is 0.667 bits per heavy atom. The minimum Gasteiger partial charge on any atom is -0.393 e. The molecule has 0 radical (unpaired) electrons. The molecule has 0 spiro atoms. The van der Waals surface area contributed by atoms with E-state index in [1.807, 2.05) is 25.8 Å². The number of primary amides is 1. The van der Waals surface area contributed by atoms with Crippen molar-refractivity contribution in [1.29, 1.82) is 0 Å². The first-order valence-electron chi connectivity index (χ1n) is 54.4. The molecule has 16 heterocycles. The van der Waals surface area contributed by atoms with Crippen molar-refractivity contribution in [3.8, 4) is 0 Å². The second-order valence-electron chi connectivity index (χ2n) is 49.1. The lowest BCUT2D eigenvalue weighted by atomic mass is 9.83. The predicted molar refractivity (Wildman–Crippen MR) is 547 cm³/mol. The SMILES string of the molecule is CC(C)CCN1CCC(C(C)(C)O)CC1.CC(C)CN1CC(N2CC(O)C2)C1.CC(C)CN1CC(N2CCC(O)C2)C1.CC(C)CN1CC(N2CCC(O)CC2)C1.CC(C)CN1CC(N2CCCC(O)C2)C1.CC(C)CN1CC(N2CCCC2)C1.CC(C)CN1CC(N2CCCCC2)C1.CC(C)CN1CC(N2CCNC(=O)C2)C1.CC(C)CN1CC(O)(CN(C)C(C)(C)C(N)=O)C1. The van der Waals surface area contributed by atoms with Crippen LogP contribution in [0.2, 0.25) is 0 Å². The van der Waals surface area contributed by atoms with Gasteiger partial charge in [-0.3, -0.25) is 88.0 Å². The summed E-state index contributed by atoms with van der Waals surface area (Å²) in [5.41, 5.74) is 3.45. The summed E-state index contributed by atoms with van der Waals surface area (Å²) in [7, 11) is 1.83. The maximum atomic E-state index is 11.4. The van der Waals surface area contributed by atoms with Crippen molar-refractivity contribution in [2.24, 2.45) is 64.9 Å². The number of likely N-dealkylation sites (N-methyl/N-ethyl adjacent to an activating group) is 1. The van der Waals surface area contributed by atoms with Crippen molar-refractivity contribution in [2.45, 2.75) is 319 Å². The zero-order valence-electron chi connectivity index (χ0n) is 89.4. The summed E-state index contributed by atoms with van der Waals surface area (Å²) in [4.78, 5) is 64.5. The quantitative estimate of drug-likeness (QED) is 0.0338. The van der Waals surface area contributed by atoms with E-state index in [0.717, 1.165) is 201 Å². The van der Waals surface area contributed by atoms with Crippen molar-refractivity contribution >= 4 is 11.8 Å². The number of hydrogen-bond donors (Lipinski definition) is 8. The Kier molecular flexibility index (Phi) is 49.6. The lowest BCUT2D eigenvalue weighted by Crippen LogP contribution is -2.68. The van der Waals surface area contributed by atoms with Gasteiger partial charge in [0.2, 0.25) is 11.8 Å². The first-order valence-corrected chi connectivity index (χ1v) is 54.4. The molecule has 2 unspecified atom stereocenters. The van der Waals surface area contributed by atoms with E-state index >= 15 is 0 Å². The number of amides is 2. The second kappa shape index (κ2) is 56.8. The number of nitrogens with zero attached hydrogens (tertiary/aromatic N) is 17. The molecule has 132 heavy (non-hydrogen) atoms. The van der Waals surface area contributed by atoms with Gasteiger partial charge in [0.25, 0.3) is 0 Å². The highest BCUT2D eigenvalue weighted by Gasteiger charge is 2.47. The average Bonchev–Trinajstić information content (AvgIpc) is 1.03. The van der Waals surface area contributed by atoms with Gasteiger partial charge in [0.05, 0.1) is 42.1 Å². The van der Waals surface area contributed by atoms with Crippen LogP contribution >= 0.6 is 0 Å². The average molecular weight is 1870 g/mol. The monoisotopic (exact) mass is 1870 g/mol. The predicted octanol–water partition coefficient (Wildman–Crippen LogP) is 7.36. The summed E-state index contributed by atoms with van der Waals surface area (Å²) in [5, 5.41) is 60.8. The van der Waals surface area contributed by atoms with E-state index in [0.29, 0.717) is 44.1 Å². The van der Waals surface area contributed by atoms with Gasteiger partial charge >= 0.3 is 0 Å². The molecule has 0 aliphatic carbocycles. The third-order valence-corrected chi connectivity index (χ3v) is 30.5. The number of rotatable bonds is 31. The number of carbonyl (C=O) groups is 2. The van der Waals surface area contributed by atoms with Crippen LogP contribution in [0, 0.1) is 59.2 Å². The van der Waals surface area contributed by atoms with Crippen molar-refractivity contribution < 1.29 is 40.2 Å². The van der Waals surface area contributed by atoms with Crippen LogP contribution in [-0.4, -0.2) is 498 Å². The molecule has 0 aromatic heterocycles. The van der Waals surface area contributed by atoms with Gasteiger partial charge in [-0.2, -0.15) is 0 Å². The van der Waals surface area contributed by atoms with Crippen molar-refractivity contribution in [3.63, 3.8) is 0 Å². The van der Waals surface area contributed by atoms with Crippen LogP contribution in [0.5, 0.6) is 0 Å². The van der Waals surface area contributed by atoms with Crippen LogP contribution in [0.4, 0.5) is 0 Å². The highest BCUT2D eigenvalue weighted by atomic mass is 16.3. The zero-order chi connectivity index (χ0) is 96.9. The topological polar surface area (TPSA) is 249 Å². The highest BCUT2D eigenvalue weighted by Crippen LogP contribution is 2.32. The molecule has 16 rings (SSSR count). The maximum absolute atomic E-state index is 11.4. The van der Waals surface area contributed by atoms with Crippen molar-refractivity contribution in [2.75, 3.05) is 288 Å². The first kappa shape index (κ1) is 115. The number of hydrogen-bond acceptors (Lipinski definition) is 25. The van der Waals surface area contributed by atoms with Crippen LogP contribution in [0.1, 0.15) is 236 Å². The van der Waals surface area contributed by atoms with Gasteiger partial charge in [-0.1, -0.05) is 131 Å². The van der Waals surface area contributed by atoms with Gasteiger partial charge in [-0.15, -0.1) is 0 Å². The van der Waals surface area contributed by atoms with Gasteiger partial charge in [0, 0.05) is 265 Å². The number of aliphatic hydroxyl groups excluding tert-OH is 4. The van der Waals surface area contributed by atoms with Gasteiger partial charge in [-0.25, -0.2) is 0 Å². The molecule has 0 aromatic carbocycles. The number of piperidine rings is 4. The number of β-amino-alcohol motifs (C(OH)–C–C–N with tert-alkyl or cyclic N) is 4. The number of piperazine rings is 1. The lowest BCUT2D eigenvalue weighted by Gasteiger charge is -2.51. The van der Waals surface area contributed by atoms with E-state index < -0.39 is 16.7 Å². The maximum Gasteiger partial charge on any atom is 0.237 e. The summed E-state index contributed by atoms with van der Waals surface area (Å²) < 4.78 is 0. The summed E-state index contributed by atoms with van der Waals surface area (Å²) in [6.07, 6.45) is 15.7. The van der Waals surface area contributed by atoms with E-state index in [4.69, 9.17) is 10.8 Å². The van der Waals surface area contributed by atoms with Gasteiger partial charge in [0.1, 0.15) is 5.60 Å². The molecule has 27 nitrogen and oxygen atoms in total. The molecular weight excluding hydrogens is 1660 g/mol. The molecule has 27 heteroatoms. The Morgan fingerprint density at radius 3 is 1.00 bits per heavy atom. The van der Waals surface area contributed by atoms with Crippen LogP contribution < -0.4 is 11.1 Å². The molecule has 0 aromatic rings. The lowest BCUT2D eigenvalue weighted by molar-refractivity contribution is -0.139. The number of nitrogens with one attached hydrogen (secondary N) is 1. The fourth-order valence-corrected chi connectivity index (χ4v) is 22.5. The number of aliphatic hydroxyl groups is 6. The largest absolute Gasteiger partial charge is 0.393 e. The first-order chi connectivity index (χ1) is 62.2. The standard InChI is InChI=1S/C13H27N3O2.C13H27NO.2C12H24N2O.C12H24N2.C11H21N3O.C11H22N2O.C11H22N2.C10H20N2O/c1-10(2)6-16-8-13(18,9-16)7-15(5)12(3,4)11(14)17;1-11(2)5-8-14-9-6-12(7-10-14)13(3,4)15;1-10(2)7-13-8-11(9-13)14-5-3-12(15)4-6-14;1-10(2)6-13-7-11(8-13)14-5-3-4-12(15)9-14;1-11(2)8-13-9-12(10-13)14-6-4-3-5-7-14;1-9(2)5-13-6-10(7-13)14-4-3-12-11(15)8-14;1-9(2)5-12-6-10(7-12)13-4-3-11(14)8-13;1-10(2)7-12-8-11(9-12)13-5-3-4-6-13;1-8(2)3-11-4-9(5-11)12-6-10(13)7-12/h10,18H,6-9H2,1-5H3,(H2,14,17);11-12,15H,5-10H2,1-4H3;2*10-12,15H,3-9H2,1-2H3;11-12H,3-10H2,1-2H3;9-10H,3-8H2,1-2H3,(H,12,15);9-11,14H,3-8H2,1-2H3;10-11H,3-9H2,1-2H3;8-10,13H,3-7H2,1-2H3. The summed E-state index contributed by atoms with van der Waals surface area (Å²) in [6, 6.07) is 5.38. The Hall–Kier alpha value is -1.98. The molecule has 16 fully saturated rings. The molecule has 16 saturated heterocycles. The fraction of sp³-hybridized carbons (Fsp3) is 0.981. The van der Waals surface area contributed by atoms with Gasteiger partial charge < -0.3 is 46.6 Å².